The van der Waals surface area contributed by atoms with E-state index in [4.69, 9.17) is 0 Å². The Balaban J connectivity index is 1.99. The lowest BCUT2D eigenvalue weighted by atomic mass is 10.2. The fraction of sp³-hybridized carbons (Fsp3) is 0.357. The second-order valence-electron chi connectivity index (χ2n) is 4.46. The number of hydrogen-bond acceptors (Lipinski definition) is 4. The molecule has 6 heteroatoms. The molecule has 20 heavy (non-hydrogen) atoms. The van der Waals surface area contributed by atoms with Crippen molar-refractivity contribution in [1.82, 2.24) is 10.3 Å². The van der Waals surface area contributed by atoms with Gasteiger partial charge < -0.3 is 10.6 Å². The van der Waals surface area contributed by atoms with Crippen molar-refractivity contribution < 1.29 is 9.59 Å². The Labute approximate surface area is 121 Å². The van der Waals surface area contributed by atoms with Crippen molar-refractivity contribution in [3.8, 4) is 0 Å². The molecule has 2 N–H and O–H groups in total. The van der Waals surface area contributed by atoms with E-state index in [-0.39, 0.29) is 18.2 Å². The van der Waals surface area contributed by atoms with Gasteiger partial charge in [-0.3, -0.25) is 9.59 Å². The van der Waals surface area contributed by atoms with Crippen molar-refractivity contribution in [3.63, 3.8) is 0 Å². The average molecular weight is 291 g/mol. The van der Waals surface area contributed by atoms with Crippen LogP contribution >= 0.6 is 11.3 Å². The molecule has 0 aliphatic rings. The van der Waals surface area contributed by atoms with Crippen LogP contribution in [0.3, 0.4) is 0 Å². The molecule has 2 aromatic rings. The summed E-state index contributed by atoms with van der Waals surface area (Å²) in [4.78, 5) is 26.8. The van der Waals surface area contributed by atoms with E-state index in [9.17, 15) is 9.59 Å². The highest BCUT2D eigenvalue weighted by Crippen LogP contribution is 2.26. The highest BCUT2D eigenvalue weighted by molar-refractivity contribution is 7.22. The number of carbonyl (C=O) groups is 2. The van der Waals surface area contributed by atoms with Gasteiger partial charge in [0.2, 0.25) is 11.8 Å². The minimum Gasteiger partial charge on any atom is -0.356 e. The number of nitrogens with one attached hydrogen (secondary N) is 2. The summed E-state index contributed by atoms with van der Waals surface area (Å²) in [6.45, 7) is 3.87. The molecule has 0 atom stereocenters. The first-order chi connectivity index (χ1) is 9.58. The number of anilines is 1. The predicted octanol–water partition coefficient (Wildman–Crippen LogP) is 2.32. The van der Waals surface area contributed by atoms with Crippen molar-refractivity contribution in [3.05, 3.63) is 23.8 Å². The van der Waals surface area contributed by atoms with Crippen molar-refractivity contribution in [2.45, 2.75) is 26.7 Å². The Kier molecular flexibility index (Phi) is 4.68. The van der Waals surface area contributed by atoms with E-state index in [0.717, 1.165) is 16.6 Å². The molecule has 0 saturated heterocycles. The van der Waals surface area contributed by atoms with Crippen LogP contribution in [0, 0.1) is 0 Å². The van der Waals surface area contributed by atoms with Gasteiger partial charge in [-0.05, 0) is 24.1 Å². The van der Waals surface area contributed by atoms with Crippen LogP contribution in [0.15, 0.2) is 18.2 Å². The third-order valence-electron chi connectivity index (χ3n) is 2.83. The summed E-state index contributed by atoms with van der Waals surface area (Å²) in [5.41, 5.74) is 2.15. The maximum absolute atomic E-state index is 11.7. The van der Waals surface area contributed by atoms with E-state index < -0.39 is 0 Å². The van der Waals surface area contributed by atoms with Gasteiger partial charge in [0.15, 0.2) is 5.13 Å². The molecule has 0 bridgehead atoms. The minimum atomic E-state index is -0.145. The number of aromatic nitrogens is 1. The van der Waals surface area contributed by atoms with Crippen LogP contribution in [0.1, 0.15) is 25.8 Å². The summed E-state index contributed by atoms with van der Waals surface area (Å²) in [5, 5.41) is 5.95. The van der Waals surface area contributed by atoms with E-state index in [1.165, 1.54) is 23.8 Å². The fourth-order valence-corrected chi connectivity index (χ4v) is 2.72. The summed E-state index contributed by atoms with van der Waals surface area (Å²) >= 11 is 1.46. The van der Waals surface area contributed by atoms with Crippen LogP contribution in [0.25, 0.3) is 10.2 Å². The molecule has 0 spiro atoms. The number of benzene rings is 1. The van der Waals surface area contributed by atoms with Crippen LogP contribution in [-0.2, 0) is 16.0 Å². The number of thiazole rings is 1. The van der Waals surface area contributed by atoms with Crippen LogP contribution in [-0.4, -0.2) is 23.3 Å². The van der Waals surface area contributed by atoms with Crippen LogP contribution in [0.2, 0.25) is 0 Å². The smallest absolute Gasteiger partial charge is 0.227 e. The predicted molar refractivity (Wildman–Crippen MR) is 80.9 cm³/mol. The first kappa shape index (κ1) is 14.5. The SMILES string of the molecule is CCc1ccc2nc(NC(=O)CCNC(C)=O)sc2c1. The van der Waals surface area contributed by atoms with Crippen LogP contribution in [0.5, 0.6) is 0 Å². The number of carbonyl (C=O) groups excluding carboxylic acids is 2. The van der Waals surface area contributed by atoms with Crippen molar-refractivity contribution in [2.75, 3.05) is 11.9 Å². The van der Waals surface area contributed by atoms with E-state index >= 15 is 0 Å². The van der Waals surface area contributed by atoms with Crippen LogP contribution in [0.4, 0.5) is 5.13 Å². The quantitative estimate of drug-likeness (QED) is 0.888. The molecule has 0 unspecified atom stereocenters. The third-order valence-corrected chi connectivity index (χ3v) is 3.77. The summed E-state index contributed by atoms with van der Waals surface area (Å²) in [6.07, 6.45) is 1.22. The van der Waals surface area contributed by atoms with Gasteiger partial charge in [-0.25, -0.2) is 4.98 Å². The van der Waals surface area contributed by atoms with E-state index in [0.29, 0.717) is 11.7 Å². The number of fused-ring (bicyclic) bond motifs is 1. The zero-order chi connectivity index (χ0) is 14.5. The summed E-state index contributed by atoms with van der Waals surface area (Å²) in [6, 6.07) is 6.11. The molecular weight excluding hydrogens is 274 g/mol. The molecule has 0 aliphatic heterocycles. The molecule has 1 aromatic heterocycles. The lowest BCUT2D eigenvalue weighted by Gasteiger charge is -2.01. The molecule has 2 amide bonds. The van der Waals surface area contributed by atoms with Gasteiger partial charge in [0.25, 0.3) is 0 Å². The second-order valence-corrected chi connectivity index (χ2v) is 5.49. The number of hydrogen-bond donors (Lipinski definition) is 2. The number of amides is 2. The van der Waals surface area contributed by atoms with E-state index in [1.807, 2.05) is 12.1 Å². The second kappa shape index (κ2) is 6.47. The van der Waals surface area contributed by atoms with Crippen molar-refractivity contribution >= 4 is 38.5 Å². The van der Waals surface area contributed by atoms with Gasteiger partial charge in [-0.15, -0.1) is 0 Å². The topological polar surface area (TPSA) is 71.1 Å². The average Bonchev–Trinajstić information content (AvgIpc) is 2.78. The van der Waals surface area contributed by atoms with Gasteiger partial charge in [-0.1, -0.05) is 24.3 Å². The lowest BCUT2D eigenvalue weighted by Crippen LogP contribution is -2.25. The Bertz CT molecular complexity index is 636. The first-order valence-electron chi connectivity index (χ1n) is 6.52. The molecule has 2 rings (SSSR count). The summed E-state index contributed by atoms with van der Waals surface area (Å²) in [5.74, 6) is -0.279. The minimum absolute atomic E-state index is 0.134. The molecule has 1 heterocycles. The molecule has 0 saturated carbocycles. The standard InChI is InChI=1S/C14H17N3O2S/c1-3-10-4-5-11-12(8-10)20-14(16-11)17-13(19)6-7-15-9(2)18/h4-5,8H,3,6-7H2,1-2H3,(H,15,18)(H,16,17,19). The Morgan fingerprint density at radius 3 is 2.85 bits per heavy atom. The summed E-state index contributed by atoms with van der Waals surface area (Å²) < 4.78 is 1.07. The van der Waals surface area contributed by atoms with Crippen LogP contribution < -0.4 is 10.6 Å². The van der Waals surface area contributed by atoms with Gasteiger partial charge in [0.1, 0.15) is 0 Å². The number of nitrogens with zero attached hydrogens (tertiary/aromatic N) is 1. The maximum Gasteiger partial charge on any atom is 0.227 e. The number of rotatable bonds is 5. The zero-order valence-corrected chi connectivity index (χ0v) is 12.3. The molecule has 0 aliphatic carbocycles. The van der Waals surface area contributed by atoms with Crippen molar-refractivity contribution in [2.24, 2.45) is 0 Å². The molecular formula is C14H17N3O2S. The molecule has 5 nitrogen and oxygen atoms in total. The Hall–Kier alpha value is -1.95. The highest BCUT2D eigenvalue weighted by Gasteiger charge is 2.08. The number of aryl methyl sites for hydroxylation is 1. The maximum atomic E-state index is 11.7. The summed E-state index contributed by atoms with van der Waals surface area (Å²) in [7, 11) is 0. The largest absolute Gasteiger partial charge is 0.356 e. The third kappa shape index (κ3) is 3.77. The first-order valence-corrected chi connectivity index (χ1v) is 7.34. The van der Waals surface area contributed by atoms with Crippen molar-refractivity contribution in [1.29, 1.82) is 0 Å². The zero-order valence-electron chi connectivity index (χ0n) is 11.5. The van der Waals surface area contributed by atoms with Gasteiger partial charge in [0, 0.05) is 19.9 Å². The molecule has 106 valence electrons. The van der Waals surface area contributed by atoms with E-state index in [1.54, 1.807) is 0 Å². The Morgan fingerprint density at radius 2 is 2.15 bits per heavy atom. The van der Waals surface area contributed by atoms with Gasteiger partial charge in [-0.2, -0.15) is 0 Å². The molecule has 0 fully saturated rings. The lowest BCUT2D eigenvalue weighted by molar-refractivity contribution is -0.119. The van der Waals surface area contributed by atoms with Gasteiger partial charge >= 0.3 is 0 Å². The Morgan fingerprint density at radius 1 is 1.35 bits per heavy atom. The fourth-order valence-electron chi connectivity index (χ4n) is 1.78. The van der Waals surface area contributed by atoms with Gasteiger partial charge in [0.05, 0.1) is 10.2 Å². The molecule has 1 aromatic carbocycles. The molecule has 0 radical (unpaired) electrons. The highest BCUT2D eigenvalue weighted by atomic mass is 32.1. The normalized spacial score (nSPS) is 10.5. The van der Waals surface area contributed by atoms with E-state index in [2.05, 4.69) is 28.6 Å². The monoisotopic (exact) mass is 291 g/mol.